The van der Waals surface area contributed by atoms with Gasteiger partial charge in [0.15, 0.2) is 5.79 Å². The van der Waals surface area contributed by atoms with Crippen LogP contribution in [0.1, 0.15) is 19.3 Å². The highest BCUT2D eigenvalue weighted by atomic mass is 16.7. The second-order valence-electron chi connectivity index (χ2n) is 7.21. The molecule has 0 aromatic carbocycles. The number of likely N-dealkylation sites (tertiary alicyclic amines) is 1. The van der Waals surface area contributed by atoms with E-state index >= 15 is 0 Å². The zero-order chi connectivity index (χ0) is 17.0. The number of nitrogens with zero attached hydrogens (tertiary/aromatic N) is 3. The molecular formula is C17H31N3O4. The molecule has 3 fully saturated rings. The number of carbonyl (C=O) groups is 1. The minimum absolute atomic E-state index is 0.0128. The Kier molecular flexibility index (Phi) is 6.10. The summed E-state index contributed by atoms with van der Waals surface area (Å²) in [6.07, 6.45) is 3.40. The fraction of sp³-hybridized carbons (Fsp3) is 0.941. The summed E-state index contributed by atoms with van der Waals surface area (Å²) in [6.45, 7) is 6.53. The second kappa shape index (κ2) is 8.10. The van der Waals surface area contributed by atoms with E-state index in [4.69, 9.17) is 14.2 Å². The summed E-state index contributed by atoms with van der Waals surface area (Å²) in [7, 11) is 3.74. The number of piperidine rings is 1. The van der Waals surface area contributed by atoms with Gasteiger partial charge in [-0.15, -0.1) is 0 Å². The van der Waals surface area contributed by atoms with Crippen LogP contribution in [-0.2, 0) is 19.0 Å². The van der Waals surface area contributed by atoms with Crippen LogP contribution < -0.4 is 0 Å². The fourth-order valence-electron chi connectivity index (χ4n) is 4.00. The Hall–Kier alpha value is -0.730. The lowest BCUT2D eigenvalue weighted by atomic mass is 10.0. The Bertz CT molecular complexity index is 428. The summed E-state index contributed by atoms with van der Waals surface area (Å²) in [5.74, 6) is -0.666. The van der Waals surface area contributed by atoms with Gasteiger partial charge in [-0.25, -0.2) is 0 Å². The summed E-state index contributed by atoms with van der Waals surface area (Å²) >= 11 is 0. The highest BCUT2D eigenvalue weighted by Gasteiger charge is 2.43. The van der Waals surface area contributed by atoms with Gasteiger partial charge in [-0.1, -0.05) is 0 Å². The standard InChI is InChI=1S/C17H31N3O4/c1-18-7-4-15(5-8-18)19-6-3-10-23-17(13-19)14-20(9-11-24-17)16(21)12-22-2/h15H,3-14H2,1-2H3. The van der Waals surface area contributed by atoms with E-state index in [1.807, 2.05) is 4.90 Å². The van der Waals surface area contributed by atoms with Gasteiger partial charge in [0.1, 0.15) is 6.61 Å². The van der Waals surface area contributed by atoms with Gasteiger partial charge in [-0.05, 0) is 39.4 Å². The quantitative estimate of drug-likeness (QED) is 0.721. The second-order valence-corrected chi connectivity index (χ2v) is 7.21. The molecule has 7 nitrogen and oxygen atoms in total. The van der Waals surface area contributed by atoms with Crippen molar-refractivity contribution in [2.24, 2.45) is 0 Å². The van der Waals surface area contributed by atoms with Crippen molar-refractivity contribution in [3.05, 3.63) is 0 Å². The Labute approximate surface area is 144 Å². The third-order valence-electron chi connectivity index (χ3n) is 5.38. The lowest BCUT2D eigenvalue weighted by molar-refractivity contribution is -0.266. The van der Waals surface area contributed by atoms with Crippen molar-refractivity contribution in [3.8, 4) is 0 Å². The van der Waals surface area contributed by atoms with Gasteiger partial charge in [-0.3, -0.25) is 9.69 Å². The maximum Gasteiger partial charge on any atom is 0.248 e. The number of rotatable bonds is 3. The maximum absolute atomic E-state index is 12.2. The van der Waals surface area contributed by atoms with Gasteiger partial charge in [0.25, 0.3) is 0 Å². The molecule has 24 heavy (non-hydrogen) atoms. The largest absolute Gasteiger partial charge is 0.375 e. The number of carbonyl (C=O) groups excluding carboxylic acids is 1. The zero-order valence-electron chi connectivity index (χ0n) is 15.0. The van der Waals surface area contributed by atoms with Crippen molar-refractivity contribution in [1.29, 1.82) is 0 Å². The molecule has 0 saturated carbocycles. The summed E-state index contributed by atoms with van der Waals surface area (Å²) in [4.78, 5) is 18.9. The maximum atomic E-state index is 12.2. The molecule has 1 unspecified atom stereocenters. The molecule has 3 aliphatic rings. The van der Waals surface area contributed by atoms with Crippen LogP contribution in [0, 0.1) is 0 Å². The lowest BCUT2D eigenvalue weighted by Gasteiger charge is -2.45. The minimum atomic E-state index is -0.679. The first kappa shape index (κ1) is 18.1. The summed E-state index contributed by atoms with van der Waals surface area (Å²) in [5, 5.41) is 0. The third-order valence-corrected chi connectivity index (χ3v) is 5.38. The Balaban J connectivity index is 1.65. The van der Waals surface area contributed by atoms with Crippen LogP contribution in [0.4, 0.5) is 0 Å². The number of ether oxygens (including phenoxy) is 3. The predicted octanol–water partition coefficient (Wildman–Crippen LogP) is 0.00440. The predicted molar refractivity (Wildman–Crippen MR) is 89.8 cm³/mol. The van der Waals surface area contributed by atoms with Crippen molar-refractivity contribution in [2.45, 2.75) is 31.1 Å². The number of hydrogen-bond acceptors (Lipinski definition) is 6. The van der Waals surface area contributed by atoms with Crippen LogP contribution >= 0.6 is 0 Å². The molecule has 3 heterocycles. The first-order valence-corrected chi connectivity index (χ1v) is 9.09. The van der Waals surface area contributed by atoms with Gasteiger partial charge >= 0.3 is 0 Å². The monoisotopic (exact) mass is 341 g/mol. The average Bonchev–Trinajstić information content (AvgIpc) is 2.78. The molecule has 1 spiro atoms. The average molecular weight is 341 g/mol. The molecule has 7 heteroatoms. The Morgan fingerprint density at radius 1 is 1.12 bits per heavy atom. The first-order chi connectivity index (χ1) is 11.6. The van der Waals surface area contributed by atoms with Gasteiger partial charge in [0, 0.05) is 26.2 Å². The first-order valence-electron chi connectivity index (χ1n) is 9.09. The molecule has 3 aliphatic heterocycles. The lowest BCUT2D eigenvalue weighted by Crippen LogP contribution is -2.60. The van der Waals surface area contributed by atoms with Crippen LogP contribution in [-0.4, -0.2) is 106 Å². The summed E-state index contributed by atoms with van der Waals surface area (Å²) < 4.78 is 17.2. The SMILES string of the molecule is COCC(=O)N1CCOC2(C1)CN(C1CCN(C)CC1)CCCO2. The normalized spacial score (nSPS) is 31.3. The van der Waals surface area contributed by atoms with E-state index in [-0.39, 0.29) is 12.5 Å². The Morgan fingerprint density at radius 3 is 2.62 bits per heavy atom. The van der Waals surface area contributed by atoms with Crippen LogP contribution in [0.2, 0.25) is 0 Å². The van der Waals surface area contributed by atoms with Crippen LogP contribution in [0.25, 0.3) is 0 Å². The highest BCUT2D eigenvalue weighted by molar-refractivity contribution is 5.77. The van der Waals surface area contributed by atoms with Crippen molar-refractivity contribution in [3.63, 3.8) is 0 Å². The van der Waals surface area contributed by atoms with E-state index in [9.17, 15) is 4.79 Å². The van der Waals surface area contributed by atoms with E-state index in [1.165, 1.54) is 12.8 Å². The highest BCUT2D eigenvalue weighted by Crippen LogP contribution is 2.27. The molecule has 1 amide bonds. The Morgan fingerprint density at radius 2 is 1.88 bits per heavy atom. The molecule has 0 aliphatic carbocycles. The molecule has 0 radical (unpaired) electrons. The third kappa shape index (κ3) is 4.26. The summed E-state index contributed by atoms with van der Waals surface area (Å²) in [5.41, 5.74) is 0. The fourth-order valence-corrected chi connectivity index (χ4v) is 4.00. The number of morpholine rings is 1. The zero-order valence-corrected chi connectivity index (χ0v) is 15.0. The number of methoxy groups -OCH3 is 1. The van der Waals surface area contributed by atoms with Crippen LogP contribution in [0.5, 0.6) is 0 Å². The van der Waals surface area contributed by atoms with E-state index in [2.05, 4.69) is 16.8 Å². The van der Waals surface area contributed by atoms with Crippen molar-refractivity contribution < 1.29 is 19.0 Å². The topological polar surface area (TPSA) is 54.5 Å². The molecule has 1 atom stereocenters. The van der Waals surface area contributed by atoms with E-state index in [1.54, 1.807) is 7.11 Å². The van der Waals surface area contributed by atoms with Gasteiger partial charge in [0.2, 0.25) is 5.91 Å². The minimum Gasteiger partial charge on any atom is -0.375 e. The number of amides is 1. The molecule has 138 valence electrons. The number of hydrogen-bond donors (Lipinski definition) is 0. The van der Waals surface area contributed by atoms with Crippen LogP contribution in [0.15, 0.2) is 0 Å². The van der Waals surface area contributed by atoms with E-state index in [0.29, 0.717) is 32.3 Å². The molecule has 0 bridgehead atoms. The summed E-state index contributed by atoms with van der Waals surface area (Å²) in [6, 6.07) is 0.591. The van der Waals surface area contributed by atoms with Crippen LogP contribution in [0.3, 0.4) is 0 Å². The van der Waals surface area contributed by atoms with Gasteiger partial charge in [-0.2, -0.15) is 0 Å². The molecule has 0 aromatic rings. The molecule has 0 N–H and O–H groups in total. The van der Waals surface area contributed by atoms with Crippen molar-refractivity contribution in [1.82, 2.24) is 14.7 Å². The van der Waals surface area contributed by atoms with Gasteiger partial charge < -0.3 is 24.0 Å². The van der Waals surface area contributed by atoms with E-state index in [0.717, 1.165) is 32.6 Å². The molecular weight excluding hydrogens is 310 g/mol. The molecule has 0 aromatic heterocycles. The molecule has 3 saturated heterocycles. The van der Waals surface area contributed by atoms with E-state index < -0.39 is 5.79 Å². The smallest absolute Gasteiger partial charge is 0.248 e. The van der Waals surface area contributed by atoms with Crippen molar-refractivity contribution >= 4 is 5.91 Å². The molecule has 3 rings (SSSR count). The van der Waals surface area contributed by atoms with Crippen molar-refractivity contribution in [2.75, 3.05) is 73.2 Å². The van der Waals surface area contributed by atoms with Gasteiger partial charge in [0.05, 0.1) is 26.3 Å².